The molecule has 0 radical (unpaired) electrons. The van der Waals surface area contributed by atoms with Gasteiger partial charge in [0.25, 0.3) is 0 Å². The lowest BCUT2D eigenvalue weighted by atomic mass is 9.85. The van der Waals surface area contributed by atoms with E-state index in [0.717, 1.165) is 30.4 Å². The molecule has 1 atom stereocenters. The van der Waals surface area contributed by atoms with E-state index in [-0.39, 0.29) is 5.97 Å². The molecule has 16 heavy (non-hydrogen) atoms. The Morgan fingerprint density at radius 3 is 2.62 bits per heavy atom. The van der Waals surface area contributed by atoms with Crippen LogP contribution in [0, 0.1) is 5.92 Å². The predicted molar refractivity (Wildman–Crippen MR) is 65.8 cm³/mol. The van der Waals surface area contributed by atoms with Crippen LogP contribution in [0.3, 0.4) is 0 Å². The first-order chi connectivity index (χ1) is 7.50. The SMILES string of the molecule is C=C(C)[C@@H]1CC=C(C(=O)OC=C(C)C)CC1. The standard InChI is InChI=1S/C14H20O2/c1-10(2)9-16-14(15)13-7-5-12(6-8-13)11(3)4/h7,9,12H,3,5-6,8H2,1-2,4H3/t12-/m1/s1. The van der Waals surface area contributed by atoms with Crippen LogP contribution in [0.5, 0.6) is 0 Å². The van der Waals surface area contributed by atoms with E-state index >= 15 is 0 Å². The molecule has 0 aromatic carbocycles. The van der Waals surface area contributed by atoms with E-state index in [1.165, 1.54) is 11.8 Å². The number of hydrogen-bond acceptors (Lipinski definition) is 2. The quantitative estimate of drug-likeness (QED) is 0.411. The van der Waals surface area contributed by atoms with E-state index in [4.69, 9.17) is 4.74 Å². The Labute approximate surface area is 97.7 Å². The van der Waals surface area contributed by atoms with E-state index in [1.54, 1.807) is 0 Å². The molecule has 0 spiro atoms. The summed E-state index contributed by atoms with van der Waals surface area (Å²) in [6.07, 6.45) is 6.21. The molecule has 88 valence electrons. The fraction of sp³-hybridized carbons (Fsp3) is 0.500. The molecule has 0 aliphatic heterocycles. The summed E-state index contributed by atoms with van der Waals surface area (Å²) in [7, 11) is 0. The molecule has 0 heterocycles. The molecule has 0 amide bonds. The van der Waals surface area contributed by atoms with Gasteiger partial charge in [0.15, 0.2) is 0 Å². The molecular formula is C14H20O2. The van der Waals surface area contributed by atoms with Crippen LogP contribution in [-0.2, 0) is 9.53 Å². The maximum Gasteiger partial charge on any atom is 0.338 e. The zero-order valence-electron chi connectivity index (χ0n) is 10.4. The minimum Gasteiger partial charge on any atom is -0.431 e. The molecule has 0 fully saturated rings. The average Bonchev–Trinajstić information content (AvgIpc) is 2.26. The average molecular weight is 220 g/mol. The zero-order valence-corrected chi connectivity index (χ0v) is 10.4. The number of carbonyl (C=O) groups excluding carboxylic acids is 1. The molecule has 0 aromatic rings. The molecule has 0 bridgehead atoms. The van der Waals surface area contributed by atoms with E-state index in [9.17, 15) is 4.79 Å². The molecule has 0 saturated heterocycles. The maximum absolute atomic E-state index is 11.6. The van der Waals surface area contributed by atoms with E-state index in [0.29, 0.717) is 5.92 Å². The van der Waals surface area contributed by atoms with Crippen molar-refractivity contribution in [1.82, 2.24) is 0 Å². The number of carbonyl (C=O) groups is 1. The van der Waals surface area contributed by atoms with Crippen molar-refractivity contribution in [3.05, 3.63) is 35.6 Å². The molecular weight excluding hydrogens is 200 g/mol. The second-order valence-electron chi connectivity index (χ2n) is 4.65. The van der Waals surface area contributed by atoms with Crippen molar-refractivity contribution in [2.24, 2.45) is 5.92 Å². The van der Waals surface area contributed by atoms with Gasteiger partial charge in [-0.15, -0.1) is 0 Å². The van der Waals surface area contributed by atoms with Crippen molar-refractivity contribution in [3.8, 4) is 0 Å². The Balaban J connectivity index is 2.54. The normalized spacial score (nSPS) is 19.7. The van der Waals surface area contributed by atoms with Gasteiger partial charge in [0.2, 0.25) is 0 Å². The molecule has 1 aliphatic carbocycles. The van der Waals surface area contributed by atoms with Gasteiger partial charge in [-0.1, -0.05) is 18.2 Å². The van der Waals surface area contributed by atoms with Gasteiger partial charge < -0.3 is 4.74 Å². The summed E-state index contributed by atoms with van der Waals surface area (Å²) in [6.45, 7) is 9.80. The van der Waals surface area contributed by atoms with Crippen molar-refractivity contribution in [3.63, 3.8) is 0 Å². The fourth-order valence-corrected chi connectivity index (χ4v) is 1.71. The highest BCUT2D eigenvalue weighted by Gasteiger charge is 2.19. The summed E-state index contributed by atoms with van der Waals surface area (Å²) in [5, 5.41) is 0. The topological polar surface area (TPSA) is 26.3 Å². The predicted octanol–water partition coefficient (Wildman–Crippen LogP) is 3.76. The fourth-order valence-electron chi connectivity index (χ4n) is 1.71. The smallest absolute Gasteiger partial charge is 0.338 e. The first-order valence-corrected chi connectivity index (χ1v) is 5.69. The van der Waals surface area contributed by atoms with Crippen molar-refractivity contribution in [1.29, 1.82) is 0 Å². The highest BCUT2D eigenvalue weighted by Crippen LogP contribution is 2.28. The molecule has 0 unspecified atom stereocenters. The Morgan fingerprint density at radius 1 is 1.50 bits per heavy atom. The van der Waals surface area contributed by atoms with Crippen LogP contribution >= 0.6 is 0 Å². The summed E-state index contributed by atoms with van der Waals surface area (Å²) in [6, 6.07) is 0. The summed E-state index contributed by atoms with van der Waals surface area (Å²) in [4.78, 5) is 11.6. The maximum atomic E-state index is 11.6. The zero-order chi connectivity index (χ0) is 12.1. The van der Waals surface area contributed by atoms with Crippen molar-refractivity contribution in [2.45, 2.75) is 40.0 Å². The highest BCUT2D eigenvalue weighted by atomic mass is 16.5. The van der Waals surface area contributed by atoms with Crippen LogP contribution in [0.4, 0.5) is 0 Å². The molecule has 1 aliphatic rings. The number of ether oxygens (including phenoxy) is 1. The van der Waals surface area contributed by atoms with Gasteiger partial charge in [-0.05, 0) is 51.5 Å². The molecule has 1 rings (SSSR count). The van der Waals surface area contributed by atoms with Gasteiger partial charge in [-0.25, -0.2) is 4.79 Å². The second kappa shape index (κ2) is 5.69. The number of rotatable bonds is 3. The van der Waals surface area contributed by atoms with Crippen molar-refractivity contribution in [2.75, 3.05) is 0 Å². The molecule has 2 nitrogen and oxygen atoms in total. The van der Waals surface area contributed by atoms with Crippen molar-refractivity contribution >= 4 is 5.97 Å². The largest absolute Gasteiger partial charge is 0.431 e. The van der Waals surface area contributed by atoms with Crippen LogP contribution < -0.4 is 0 Å². The molecule has 0 N–H and O–H groups in total. The lowest BCUT2D eigenvalue weighted by Crippen LogP contribution is -2.12. The van der Waals surface area contributed by atoms with E-state index in [2.05, 4.69) is 6.58 Å². The summed E-state index contributed by atoms with van der Waals surface area (Å²) in [5.41, 5.74) is 2.99. The lowest BCUT2D eigenvalue weighted by Gasteiger charge is -2.20. The van der Waals surface area contributed by atoms with Crippen LogP contribution in [-0.4, -0.2) is 5.97 Å². The lowest BCUT2D eigenvalue weighted by molar-refractivity contribution is -0.134. The summed E-state index contributed by atoms with van der Waals surface area (Å²) < 4.78 is 5.05. The summed E-state index contributed by atoms with van der Waals surface area (Å²) in [5.74, 6) is 0.321. The first kappa shape index (κ1) is 12.8. The highest BCUT2D eigenvalue weighted by molar-refractivity contribution is 5.89. The second-order valence-corrected chi connectivity index (χ2v) is 4.65. The van der Waals surface area contributed by atoms with Gasteiger partial charge in [0.1, 0.15) is 0 Å². The van der Waals surface area contributed by atoms with Crippen LogP contribution in [0.25, 0.3) is 0 Å². The van der Waals surface area contributed by atoms with Crippen LogP contribution in [0.15, 0.2) is 35.6 Å². The van der Waals surface area contributed by atoms with Gasteiger partial charge in [-0.2, -0.15) is 0 Å². The van der Waals surface area contributed by atoms with Crippen LogP contribution in [0.1, 0.15) is 40.0 Å². The van der Waals surface area contributed by atoms with Gasteiger partial charge in [0.05, 0.1) is 6.26 Å². The Bertz CT molecular complexity index is 344. The molecule has 2 heteroatoms. The Kier molecular flexibility index (Phi) is 4.53. The minimum atomic E-state index is -0.207. The Morgan fingerprint density at radius 2 is 2.19 bits per heavy atom. The third kappa shape index (κ3) is 3.69. The third-order valence-corrected chi connectivity index (χ3v) is 2.77. The molecule has 0 aromatic heterocycles. The number of esters is 1. The van der Waals surface area contributed by atoms with Crippen LogP contribution in [0.2, 0.25) is 0 Å². The Hall–Kier alpha value is -1.31. The van der Waals surface area contributed by atoms with Gasteiger partial charge in [-0.3, -0.25) is 0 Å². The van der Waals surface area contributed by atoms with Gasteiger partial charge in [0, 0.05) is 5.57 Å². The van der Waals surface area contributed by atoms with E-state index in [1.807, 2.05) is 26.8 Å². The van der Waals surface area contributed by atoms with Crippen molar-refractivity contribution < 1.29 is 9.53 Å². The number of hydrogen-bond donors (Lipinski definition) is 0. The minimum absolute atomic E-state index is 0.207. The monoisotopic (exact) mass is 220 g/mol. The third-order valence-electron chi connectivity index (χ3n) is 2.77. The van der Waals surface area contributed by atoms with E-state index < -0.39 is 0 Å². The molecule has 0 saturated carbocycles. The van der Waals surface area contributed by atoms with Gasteiger partial charge >= 0.3 is 5.97 Å². The number of allylic oxidation sites excluding steroid dienone is 3. The first-order valence-electron chi connectivity index (χ1n) is 5.69. The summed E-state index contributed by atoms with van der Waals surface area (Å²) >= 11 is 0.